The molecule has 0 aliphatic heterocycles. The highest BCUT2D eigenvalue weighted by atomic mass is 16.5. The number of para-hydroxylation sites is 1. The zero-order chi connectivity index (χ0) is 9.90. The highest BCUT2D eigenvalue weighted by Gasteiger charge is 2.20. The third-order valence-electron chi connectivity index (χ3n) is 2.14. The lowest BCUT2D eigenvalue weighted by Gasteiger charge is -2.20. The van der Waals surface area contributed by atoms with Gasteiger partial charge in [-0.15, -0.1) is 6.42 Å². The second-order valence-corrected chi connectivity index (χ2v) is 3.47. The van der Waals surface area contributed by atoms with Crippen LogP contribution in [0.15, 0.2) is 24.3 Å². The molecule has 1 aromatic rings. The van der Waals surface area contributed by atoms with Crippen molar-refractivity contribution in [2.75, 3.05) is 7.11 Å². The quantitative estimate of drug-likeness (QED) is 0.626. The molecule has 0 saturated carbocycles. The number of methoxy groups -OCH3 is 1. The van der Waals surface area contributed by atoms with Crippen LogP contribution in [0.1, 0.15) is 19.4 Å². The van der Waals surface area contributed by atoms with Gasteiger partial charge in [0.1, 0.15) is 5.75 Å². The van der Waals surface area contributed by atoms with E-state index in [4.69, 9.17) is 11.2 Å². The average molecular weight is 174 g/mol. The largest absolute Gasteiger partial charge is 0.496 e. The van der Waals surface area contributed by atoms with E-state index < -0.39 is 0 Å². The highest BCUT2D eigenvalue weighted by molar-refractivity contribution is 5.43. The van der Waals surface area contributed by atoms with Gasteiger partial charge in [-0.05, 0) is 19.9 Å². The first-order chi connectivity index (χ1) is 6.11. The van der Waals surface area contributed by atoms with Gasteiger partial charge in [0.2, 0.25) is 0 Å². The van der Waals surface area contributed by atoms with Gasteiger partial charge in [-0.1, -0.05) is 24.1 Å². The maximum Gasteiger partial charge on any atom is 0.123 e. The van der Waals surface area contributed by atoms with Gasteiger partial charge >= 0.3 is 0 Å². The summed E-state index contributed by atoms with van der Waals surface area (Å²) in [5.41, 5.74) is 0.784. The molecular weight excluding hydrogens is 160 g/mol. The van der Waals surface area contributed by atoms with Crippen LogP contribution in [-0.2, 0) is 5.41 Å². The summed E-state index contributed by atoms with van der Waals surface area (Å²) in [5.74, 6) is 3.60. The first-order valence-corrected chi connectivity index (χ1v) is 4.23. The van der Waals surface area contributed by atoms with Crippen LogP contribution in [0.25, 0.3) is 0 Å². The van der Waals surface area contributed by atoms with Crippen molar-refractivity contribution < 1.29 is 4.74 Å². The third kappa shape index (κ3) is 1.84. The van der Waals surface area contributed by atoms with Crippen molar-refractivity contribution in [3.8, 4) is 18.1 Å². The summed E-state index contributed by atoms with van der Waals surface area (Å²) in [6.07, 6.45) is 5.46. The Balaban J connectivity index is 3.22. The number of benzene rings is 1. The van der Waals surface area contributed by atoms with Crippen LogP contribution in [0.2, 0.25) is 0 Å². The number of hydrogen-bond donors (Lipinski definition) is 0. The molecule has 1 aromatic carbocycles. The third-order valence-corrected chi connectivity index (χ3v) is 2.14. The maximum atomic E-state index is 5.46. The van der Waals surface area contributed by atoms with Crippen LogP contribution < -0.4 is 4.74 Å². The summed E-state index contributed by atoms with van der Waals surface area (Å²) < 4.78 is 5.24. The second-order valence-electron chi connectivity index (χ2n) is 3.47. The summed E-state index contributed by atoms with van der Waals surface area (Å²) in [7, 11) is 1.66. The Morgan fingerprint density at radius 3 is 2.46 bits per heavy atom. The molecule has 0 heterocycles. The lowest BCUT2D eigenvalue weighted by molar-refractivity contribution is 0.403. The fraction of sp³-hybridized carbons (Fsp3) is 0.333. The first kappa shape index (κ1) is 9.67. The predicted molar refractivity (Wildman–Crippen MR) is 54.9 cm³/mol. The molecule has 0 aliphatic carbocycles. The van der Waals surface area contributed by atoms with E-state index in [0.29, 0.717) is 0 Å². The van der Waals surface area contributed by atoms with E-state index in [1.807, 2.05) is 38.1 Å². The summed E-state index contributed by atoms with van der Waals surface area (Å²) in [6.45, 7) is 4.01. The van der Waals surface area contributed by atoms with Gasteiger partial charge in [0.25, 0.3) is 0 Å². The minimum atomic E-state index is -0.271. The lowest BCUT2D eigenvalue weighted by Crippen LogP contribution is -2.14. The van der Waals surface area contributed by atoms with E-state index >= 15 is 0 Å². The minimum Gasteiger partial charge on any atom is -0.496 e. The number of hydrogen-bond acceptors (Lipinski definition) is 1. The molecule has 0 spiro atoms. The Morgan fingerprint density at radius 2 is 1.92 bits per heavy atom. The Hall–Kier alpha value is -1.42. The van der Waals surface area contributed by atoms with E-state index in [2.05, 4.69) is 5.92 Å². The Bertz CT molecular complexity index is 331. The molecule has 0 fully saturated rings. The molecule has 0 atom stereocenters. The van der Waals surface area contributed by atoms with Gasteiger partial charge in [0.05, 0.1) is 12.5 Å². The van der Waals surface area contributed by atoms with E-state index in [0.717, 1.165) is 11.3 Å². The molecule has 0 radical (unpaired) electrons. The summed E-state index contributed by atoms with van der Waals surface area (Å²) in [6, 6.07) is 7.83. The van der Waals surface area contributed by atoms with Crippen molar-refractivity contribution in [2.45, 2.75) is 19.3 Å². The smallest absolute Gasteiger partial charge is 0.123 e. The Kier molecular flexibility index (Phi) is 2.63. The van der Waals surface area contributed by atoms with Crippen molar-refractivity contribution in [3.63, 3.8) is 0 Å². The van der Waals surface area contributed by atoms with Gasteiger partial charge in [0.15, 0.2) is 0 Å². The number of rotatable bonds is 2. The molecule has 0 unspecified atom stereocenters. The molecule has 13 heavy (non-hydrogen) atoms. The molecule has 0 aliphatic rings. The Morgan fingerprint density at radius 1 is 1.31 bits per heavy atom. The van der Waals surface area contributed by atoms with Crippen LogP contribution in [0.5, 0.6) is 5.75 Å². The van der Waals surface area contributed by atoms with Gasteiger partial charge in [-0.25, -0.2) is 0 Å². The standard InChI is InChI=1S/C12H14O/c1-5-12(2,3)10-8-6-7-9-11(10)13-4/h1,6-9H,2-4H3. The van der Waals surface area contributed by atoms with Gasteiger partial charge in [0, 0.05) is 5.56 Å². The van der Waals surface area contributed by atoms with Crippen LogP contribution in [-0.4, -0.2) is 7.11 Å². The summed E-state index contributed by atoms with van der Waals surface area (Å²) in [4.78, 5) is 0. The van der Waals surface area contributed by atoms with Crippen LogP contribution >= 0.6 is 0 Å². The van der Waals surface area contributed by atoms with Crippen LogP contribution in [0.4, 0.5) is 0 Å². The van der Waals surface area contributed by atoms with E-state index in [1.165, 1.54) is 0 Å². The highest BCUT2D eigenvalue weighted by Crippen LogP contribution is 2.30. The van der Waals surface area contributed by atoms with E-state index in [9.17, 15) is 0 Å². The molecule has 0 amide bonds. The molecule has 0 saturated heterocycles. The predicted octanol–water partition coefficient (Wildman–Crippen LogP) is 2.61. The van der Waals surface area contributed by atoms with Crippen molar-refractivity contribution >= 4 is 0 Å². The molecule has 1 rings (SSSR count). The average Bonchev–Trinajstić information content (AvgIpc) is 2.18. The van der Waals surface area contributed by atoms with Crippen molar-refractivity contribution in [1.82, 2.24) is 0 Å². The van der Waals surface area contributed by atoms with Crippen molar-refractivity contribution in [2.24, 2.45) is 0 Å². The van der Waals surface area contributed by atoms with E-state index in [-0.39, 0.29) is 5.41 Å². The normalized spacial score (nSPS) is 10.6. The topological polar surface area (TPSA) is 9.23 Å². The van der Waals surface area contributed by atoms with Crippen molar-refractivity contribution in [3.05, 3.63) is 29.8 Å². The molecular formula is C12H14O. The molecule has 1 nitrogen and oxygen atoms in total. The minimum absolute atomic E-state index is 0.271. The summed E-state index contributed by atoms with van der Waals surface area (Å²) in [5, 5.41) is 0. The second kappa shape index (κ2) is 3.53. The molecule has 68 valence electrons. The maximum absolute atomic E-state index is 5.46. The first-order valence-electron chi connectivity index (χ1n) is 4.23. The van der Waals surface area contributed by atoms with Gasteiger partial charge in [-0.2, -0.15) is 0 Å². The number of terminal acetylenes is 1. The number of ether oxygens (including phenoxy) is 1. The fourth-order valence-electron chi connectivity index (χ4n) is 1.24. The lowest BCUT2D eigenvalue weighted by atomic mass is 9.85. The Labute approximate surface area is 79.7 Å². The van der Waals surface area contributed by atoms with Crippen LogP contribution in [0.3, 0.4) is 0 Å². The fourth-order valence-corrected chi connectivity index (χ4v) is 1.24. The summed E-state index contributed by atoms with van der Waals surface area (Å²) >= 11 is 0. The van der Waals surface area contributed by atoms with E-state index in [1.54, 1.807) is 7.11 Å². The zero-order valence-corrected chi connectivity index (χ0v) is 8.29. The monoisotopic (exact) mass is 174 g/mol. The molecule has 1 heteroatoms. The molecule has 0 aromatic heterocycles. The molecule has 0 N–H and O–H groups in total. The zero-order valence-electron chi connectivity index (χ0n) is 8.29. The van der Waals surface area contributed by atoms with Gasteiger partial charge in [-0.3, -0.25) is 0 Å². The van der Waals surface area contributed by atoms with Crippen molar-refractivity contribution in [1.29, 1.82) is 0 Å². The van der Waals surface area contributed by atoms with Gasteiger partial charge < -0.3 is 4.74 Å². The van der Waals surface area contributed by atoms with Crippen LogP contribution in [0, 0.1) is 12.3 Å². The SMILES string of the molecule is C#CC(C)(C)c1ccccc1OC. The molecule has 0 bridgehead atoms.